The first kappa shape index (κ1) is 17.8. The Kier molecular flexibility index (Phi) is 7.30. The molecule has 0 heterocycles. The predicted molar refractivity (Wildman–Crippen MR) is 101 cm³/mol. The zero-order chi connectivity index (χ0) is 15.2. The molecule has 0 saturated carbocycles. The molecule has 0 aliphatic rings. The molecule has 0 radical (unpaired) electrons. The van der Waals surface area contributed by atoms with E-state index in [1.54, 1.807) is 7.11 Å². The number of unbranched alkanes of at least 4 members (excludes halogenated alkanes) is 1. The topological polar surface area (TPSA) is 9.23 Å². The summed E-state index contributed by atoms with van der Waals surface area (Å²) in [5, 5.41) is 0. The molecule has 0 fully saturated rings. The Hall–Kier alpha value is -0.293. The quantitative estimate of drug-likeness (QED) is 0.242. The zero-order valence-corrected chi connectivity index (χ0v) is 16.6. The summed E-state index contributed by atoms with van der Waals surface area (Å²) >= 11 is 2.43. The second kappa shape index (κ2) is 8.22. The third kappa shape index (κ3) is 6.44. The van der Waals surface area contributed by atoms with Crippen LogP contribution in [0.25, 0.3) is 0 Å². The Bertz CT molecular complexity index is 461. The van der Waals surface area contributed by atoms with Gasteiger partial charge in [0.05, 0.1) is 7.11 Å². The summed E-state index contributed by atoms with van der Waals surface area (Å²) in [6.45, 7) is 9.35. The van der Waals surface area contributed by atoms with Crippen LogP contribution in [0.1, 0.15) is 24.0 Å². The molecule has 0 unspecified atom stereocenters. The number of hydrogen-bond acceptors (Lipinski definition) is 1. The Labute approximate surface area is 139 Å². The Morgan fingerprint density at radius 1 is 1.20 bits per heavy atom. The average molecular weight is 402 g/mol. The van der Waals surface area contributed by atoms with Gasteiger partial charge in [-0.05, 0) is 78.1 Å². The SMILES string of the molecule is COc1cc(CCC/C=C\C[Si](C)(C)C)c(I)cc1C. The van der Waals surface area contributed by atoms with E-state index in [4.69, 9.17) is 4.74 Å². The standard InChI is InChI=1S/C17H27IOSi/c1-14-12-16(18)15(13-17(14)19-2)10-8-6-7-9-11-20(3,4)5/h7,9,12-13H,6,8,10-11H2,1-5H3/b9-7-. The number of hydrogen-bond donors (Lipinski definition) is 0. The van der Waals surface area contributed by atoms with Gasteiger partial charge in [0.15, 0.2) is 0 Å². The van der Waals surface area contributed by atoms with Crippen molar-refractivity contribution in [1.29, 1.82) is 0 Å². The summed E-state index contributed by atoms with van der Waals surface area (Å²) in [7, 11) is 0.835. The Balaban J connectivity index is 2.46. The summed E-state index contributed by atoms with van der Waals surface area (Å²) in [4.78, 5) is 0. The molecule has 0 bridgehead atoms. The van der Waals surface area contributed by atoms with Gasteiger partial charge in [-0.3, -0.25) is 0 Å². The van der Waals surface area contributed by atoms with Crippen LogP contribution in [0.4, 0.5) is 0 Å². The molecule has 0 aliphatic carbocycles. The van der Waals surface area contributed by atoms with Crippen molar-refractivity contribution in [2.24, 2.45) is 0 Å². The molecule has 112 valence electrons. The molecule has 0 spiro atoms. The van der Waals surface area contributed by atoms with Crippen LogP contribution in [-0.4, -0.2) is 15.2 Å². The van der Waals surface area contributed by atoms with Crippen LogP contribution in [0.5, 0.6) is 5.75 Å². The fourth-order valence-electron chi connectivity index (χ4n) is 2.07. The van der Waals surface area contributed by atoms with Gasteiger partial charge < -0.3 is 4.74 Å². The van der Waals surface area contributed by atoms with E-state index in [2.05, 4.69) is 73.4 Å². The summed E-state index contributed by atoms with van der Waals surface area (Å²) in [6, 6.07) is 5.71. The summed E-state index contributed by atoms with van der Waals surface area (Å²) in [5.74, 6) is 1.01. The number of ether oxygens (including phenoxy) is 1. The van der Waals surface area contributed by atoms with Gasteiger partial charge in [0.2, 0.25) is 0 Å². The van der Waals surface area contributed by atoms with Gasteiger partial charge in [0.1, 0.15) is 5.75 Å². The minimum atomic E-state index is -0.914. The molecule has 0 aliphatic heterocycles. The minimum absolute atomic E-state index is 0.914. The van der Waals surface area contributed by atoms with Crippen LogP contribution in [0, 0.1) is 10.5 Å². The molecule has 0 amide bonds. The molecule has 20 heavy (non-hydrogen) atoms. The summed E-state index contributed by atoms with van der Waals surface area (Å²) < 4.78 is 6.76. The van der Waals surface area contributed by atoms with Crippen molar-refractivity contribution in [3.05, 3.63) is 39.0 Å². The lowest BCUT2D eigenvalue weighted by Crippen LogP contribution is -2.17. The first-order chi connectivity index (χ1) is 9.33. The van der Waals surface area contributed by atoms with Gasteiger partial charge in [-0.15, -0.1) is 0 Å². The molecule has 0 aromatic heterocycles. The van der Waals surface area contributed by atoms with Gasteiger partial charge in [-0.1, -0.05) is 31.8 Å². The molecule has 1 rings (SSSR count). The van der Waals surface area contributed by atoms with Crippen LogP contribution in [0.3, 0.4) is 0 Å². The number of aryl methyl sites for hydroxylation is 2. The maximum Gasteiger partial charge on any atom is 0.122 e. The Morgan fingerprint density at radius 2 is 1.90 bits per heavy atom. The molecule has 0 atom stereocenters. The van der Waals surface area contributed by atoms with Crippen molar-refractivity contribution in [1.82, 2.24) is 0 Å². The highest BCUT2D eigenvalue weighted by molar-refractivity contribution is 14.1. The third-order valence-corrected chi connectivity index (χ3v) is 5.74. The monoisotopic (exact) mass is 402 g/mol. The fourth-order valence-corrected chi connectivity index (χ4v) is 3.84. The summed E-state index contributed by atoms with van der Waals surface area (Å²) in [5.41, 5.74) is 2.63. The normalized spacial score (nSPS) is 12.1. The van der Waals surface area contributed by atoms with Crippen molar-refractivity contribution in [3.63, 3.8) is 0 Å². The van der Waals surface area contributed by atoms with Crippen LogP contribution in [0.2, 0.25) is 25.7 Å². The number of halogens is 1. The minimum Gasteiger partial charge on any atom is -0.496 e. The Morgan fingerprint density at radius 3 is 2.50 bits per heavy atom. The van der Waals surface area contributed by atoms with Crippen molar-refractivity contribution in [2.45, 2.75) is 51.9 Å². The lowest BCUT2D eigenvalue weighted by atomic mass is 10.1. The molecule has 1 aromatic rings. The van der Waals surface area contributed by atoms with E-state index >= 15 is 0 Å². The van der Waals surface area contributed by atoms with E-state index in [1.807, 2.05) is 0 Å². The van der Waals surface area contributed by atoms with Crippen LogP contribution in [0.15, 0.2) is 24.3 Å². The molecule has 1 aromatic carbocycles. The molecule has 1 nitrogen and oxygen atoms in total. The maximum absolute atomic E-state index is 5.41. The highest BCUT2D eigenvalue weighted by Gasteiger charge is 2.09. The van der Waals surface area contributed by atoms with Crippen LogP contribution in [-0.2, 0) is 6.42 Å². The summed E-state index contributed by atoms with van der Waals surface area (Å²) in [6.07, 6.45) is 8.26. The van der Waals surface area contributed by atoms with Gasteiger partial charge in [-0.25, -0.2) is 0 Å². The second-order valence-corrected chi connectivity index (χ2v) is 13.2. The van der Waals surface area contributed by atoms with E-state index in [1.165, 1.54) is 33.6 Å². The predicted octanol–water partition coefficient (Wildman–Crippen LogP) is 5.83. The first-order valence-electron chi connectivity index (χ1n) is 7.31. The van der Waals surface area contributed by atoms with Gasteiger partial charge in [0, 0.05) is 11.6 Å². The van der Waals surface area contributed by atoms with Crippen LogP contribution < -0.4 is 4.74 Å². The van der Waals surface area contributed by atoms with Crippen LogP contribution >= 0.6 is 22.6 Å². The number of methoxy groups -OCH3 is 1. The highest BCUT2D eigenvalue weighted by Crippen LogP contribution is 2.25. The highest BCUT2D eigenvalue weighted by atomic mass is 127. The van der Waals surface area contributed by atoms with Gasteiger partial charge in [-0.2, -0.15) is 0 Å². The van der Waals surface area contributed by atoms with E-state index in [0.717, 1.165) is 12.2 Å². The fraction of sp³-hybridized carbons (Fsp3) is 0.529. The van der Waals surface area contributed by atoms with E-state index in [9.17, 15) is 0 Å². The lowest BCUT2D eigenvalue weighted by molar-refractivity contribution is 0.411. The second-order valence-electron chi connectivity index (χ2n) is 6.54. The van der Waals surface area contributed by atoms with E-state index in [-0.39, 0.29) is 0 Å². The average Bonchev–Trinajstić information content (AvgIpc) is 2.34. The number of rotatable bonds is 7. The number of benzene rings is 1. The molecule has 3 heteroatoms. The van der Waals surface area contributed by atoms with Crippen molar-refractivity contribution >= 4 is 30.7 Å². The zero-order valence-electron chi connectivity index (χ0n) is 13.4. The molecular formula is C17H27IOSi. The van der Waals surface area contributed by atoms with Gasteiger partial charge in [0.25, 0.3) is 0 Å². The lowest BCUT2D eigenvalue weighted by Gasteiger charge is -2.11. The molecule has 0 saturated heterocycles. The smallest absolute Gasteiger partial charge is 0.122 e. The number of allylic oxidation sites excluding steroid dienone is 2. The van der Waals surface area contributed by atoms with E-state index in [0.29, 0.717) is 0 Å². The van der Waals surface area contributed by atoms with Crippen molar-refractivity contribution in [2.75, 3.05) is 7.11 Å². The maximum atomic E-state index is 5.41. The van der Waals surface area contributed by atoms with Gasteiger partial charge >= 0.3 is 0 Å². The van der Waals surface area contributed by atoms with Crippen molar-refractivity contribution < 1.29 is 4.74 Å². The largest absolute Gasteiger partial charge is 0.496 e. The van der Waals surface area contributed by atoms with E-state index < -0.39 is 8.07 Å². The molecular weight excluding hydrogens is 375 g/mol. The van der Waals surface area contributed by atoms with Crippen molar-refractivity contribution in [3.8, 4) is 5.75 Å². The molecule has 0 N–H and O–H groups in total. The first-order valence-corrected chi connectivity index (χ1v) is 12.1. The third-order valence-electron chi connectivity index (χ3n) is 3.28.